The predicted octanol–water partition coefficient (Wildman–Crippen LogP) is 1.24. The van der Waals surface area contributed by atoms with Gasteiger partial charge in [-0.15, -0.1) is 0 Å². The van der Waals surface area contributed by atoms with E-state index in [-0.39, 0.29) is 6.09 Å². The molecule has 1 aromatic heterocycles. The normalized spacial score (nSPS) is 15.5. The largest absolute Gasteiger partial charge is 0.453 e. The highest BCUT2D eigenvalue weighted by Gasteiger charge is 2.23. The number of amides is 1. The van der Waals surface area contributed by atoms with E-state index in [0.29, 0.717) is 13.1 Å². The maximum atomic E-state index is 11.4. The van der Waals surface area contributed by atoms with Crippen molar-refractivity contribution < 1.29 is 9.53 Å². The van der Waals surface area contributed by atoms with Gasteiger partial charge >= 0.3 is 6.09 Å². The van der Waals surface area contributed by atoms with E-state index in [1.807, 2.05) is 13.1 Å². The summed E-state index contributed by atoms with van der Waals surface area (Å²) in [7, 11) is 1.41. The van der Waals surface area contributed by atoms with Crippen LogP contribution in [0.3, 0.4) is 0 Å². The summed E-state index contributed by atoms with van der Waals surface area (Å²) in [5, 5.41) is 0. The molecule has 6 heteroatoms. The molecule has 1 aliphatic rings. The van der Waals surface area contributed by atoms with Crippen molar-refractivity contribution in [3.63, 3.8) is 0 Å². The zero-order chi connectivity index (χ0) is 13.8. The fraction of sp³-hybridized carbons (Fsp3) is 0.615. The van der Waals surface area contributed by atoms with Gasteiger partial charge in [-0.1, -0.05) is 6.92 Å². The Balaban J connectivity index is 2.03. The number of ether oxygens (including phenoxy) is 1. The molecule has 0 bridgehead atoms. The van der Waals surface area contributed by atoms with Crippen molar-refractivity contribution in [2.75, 3.05) is 38.2 Å². The average Bonchev–Trinajstić information content (AvgIpc) is 2.47. The van der Waals surface area contributed by atoms with Crippen molar-refractivity contribution in [3.8, 4) is 0 Å². The van der Waals surface area contributed by atoms with Crippen molar-refractivity contribution in [2.45, 2.75) is 20.3 Å². The Morgan fingerprint density at radius 3 is 2.63 bits per heavy atom. The Bertz CT molecular complexity index is 456. The molecular formula is C13H20N4O2. The van der Waals surface area contributed by atoms with Crippen molar-refractivity contribution >= 4 is 12.0 Å². The third-order valence-corrected chi connectivity index (χ3v) is 3.39. The molecule has 2 heterocycles. The Morgan fingerprint density at radius 1 is 1.37 bits per heavy atom. The van der Waals surface area contributed by atoms with Crippen LogP contribution in [0, 0.1) is 6.92 Å². The minimum atomic E-state index is -0.265. The van der Waals surface area contributed by atoms with Crippen LogP contribution in [0.1, 0.15) is 18.2 Å². The van der Waals surface area contributed by atoms with Gasteiger partial charge in [-0.25, -0.2) is 14.8 Å². The Kier molecular flexibility index (Phi) is 4.19. The van der Waals surface area contributed by atoms with Crippen LogP contribution >= 0.6 is 0 Å². The molecule has 1 fully saturated rings. The summed E-state index contributed by atoms with van der Waals surface area (Å²) in [5.74, 6) is 0.756. The third kappa shape index (κ3) is 2.94. The number of piperazine rings is 1. The lowest BCUT2D eigenvalue weighted by molar-refractivity contribution is 0.121. The molecule has 1 aromatic rings. The number of methoxy groups -OCH3 is 1. The number of aromatic nitrogens is 2. The molecule has 0 aliphatic carbocycles. The van der Waals surface area contributed by atoms with Gasteiger partial charge in [-0.3, -0.25) is 0 Å². The van der Waals surface area contributed by atoms with E-state index in [4.69, 9.17) is 4.74 Å². The van der Waals surface area contributed by atoms with Crippen molar-refractivity contribution in [3.05, 3.63) is 17.5 Å². The van der Waals surface area contributed by atoms with E-state index in [1.165, 1.54) is 7.11 Å². The Labute approximate surface area is 113 Å². The number of aryl methyl sites for hydroxylation is 2. The summed E-state index contributed by atoms with van der Waals surface area (Å²) in [4.78, 5) is 24.2. The second kappa shape index (κ2) is 5.86. The molecule has 0 spiro atoms. The van der Waals surface area contributed by atoms with Crippen LogP contribution in [-0.4, -0.2) is 54.2 Å². The molecule has 19 heavy (non-hydrogen) atoms. The lowest BCUT2D eigenvalue weighted by Crippen LogP contribution is -2.49. The average molecular weight is 264 g/mol. The van der Waals surface area contributed by atoms with Gasteiger partial charge in [0, 0.05) is 38.1 Å². The molecule has 1 saturated heterocycles. The summed E-state index contributed by atoms with van der Waals surface area (Å²) in [6.45, 7) is 6.88. The molecule has 0 N–H and O–H groups in total. The van der Waals surface area contributed by atoms with Crippen LogP contribution in [0.25, 0.3) is 0 Å². The van der Waals surface area contributed by atoms with Crippen molar-refractivity contribution in [2.24, 2.45) is 0 Å². The first-order valence-electron chi connectivity index (χ1n) is 6.56. The number of rotatable bonds is 2. The van der Waals surface area contributed by atoms with E-state index in [9.17, 15) is 4.79 Å². The van der Waals surface area contributed by atoms with Crippen LogP contribution in [0.4, 0.5) is 10.7 Å². The number of nitrogens with zero attached hydrogens (tertiary/aromatic N) is 4. The highest BCUT2D eigenvalue weighted by atomic mass is 16.5. The van der Waals surface area contributed by atoms with Gasteiger partial charge in [-0.2, -0.15) is 0 Å². The van der Waals surface area contributed by atoms with Gasteiger partial charge in [-0.05, 0) is 18.9 Å². The first-order chi connectivity index (χ1) is 9.15. The topological polar surface area (TPSA) is 58.6 Å². The molecule has 6 nitrogen and oxygen atoms in total. The lowest BCUT2D eigenvalue weighted by Gasteiger charge is -2.33. The molecule has 0 aromatic carbocycles. The minimum Gasteiger partial charge on any atom is -0.453 e. The second-order valence-electron chi connectivity index (χ2n) is 4.60. The van der Waals surface area contributed by atoms with Crippen molar-refractivity contribution in [1.29, 1.82) is 0 Å². The monoisotopic (exact) mass is 264 g/mol. The number of hydrogen-bond acceptors (Lipinski definition) is 5. The maximum absolute atomic E-state index is 11.4. The SMILES string of the molecule is CCc1nc(N2CCN(C(=O)OC)CC2)ncc1C. The number of carbonyl (C=O) groups excluding carboxylic acids is 1. The Hall–Kier alpha value is -1.85. The molecular weight excluding hydrogens is 244 g/mol. The molecule has 0 radical (unpaired) electrons. The van der Waals surface area contributed by atoms with Gasteiger partial charge in [0.15, 0.2) is 0 Å². The smallest absolute Gasteiger partial charge is 0.409 e. The van der Waals surface area contributed by atoms with Crippen LogP contribution in [0.2, 0.25) is 0 Å². The number of anilines is 1. The molecule has 0 atom stereocenters. The first-order valence-corrected chi connectivity index (χ1v) is 6.56. The zero-order valence-electron chi connectivity index (χ0n) is 11.7. The summed E-state index contributed by atoms with van der Waals surface area (Å²) < 4.78 is 4.72. The minimum absolute atomic E-state index is 0.265. The third-order valence-electron chi connectivity index (χ3n) is 3.39. The van der Waals surface area contributed by atoms with Gasteiger partial charge in [0.1, 0.15) is 0 Å². The number of carbonyl (C=O) groups is 1. The summed E-state index contributed by atoms with van der Waals surface area (Å²) >= 11 is 0. The van der Waals surface area contributed by atoms with E-state index in [0.717, 1.165) is 36.7 Å². The maximum Gasteiger partial charge on any atom is 0.409 e. The van der Waals surface area contributed by atoms with Gasteiger partial charge < -0.3 is 14.5 Å². The highest BCUT2D eigenvalue weighted by Crippen LogP contribution is 2.14. The molecule has 2 rings (SSSR count). The van der Waals surface area contributed by atoms with Crippen molar-refractivity contribution in [1.82, 2.24) is 14.9 Å². The van der Waals surface area contributed by atoms with Crippen LogP contribution in [0.15, 0.2) is 6.20 Å². The Morgan fingerprint density at radius 2 is 2.05 bits per heavy atom. The standard InChI is InChI=1S/C13H20N4O2/c1-4-11-10(2)9-14-12(15-11)16-5-7-17(8-6-16)13(18)19-3/h9H,4-8H2,1-3H3. The fourth-order valence-electron chi connectivity index (χ4n) is 2.20. The molecule has 1 aliphatic heterocycles. The van der Waals surface area contributed by atoms with Crippen LogP contribution in [0.5, 0.6) is 0 Å². The predicted molar refractivity (Wildman–Crippen MR) is 72.3 cm³/mol. The van der Waals surface area contributed by atoms with E-state index in [1.54, 1.807) is 4.90 Å². The summed E-state index contributed by atoms with van der Waals surface area (Å²) in [6, 6.07) is 0. The molecule has 0 unspecified atom stereocenters. The van der Waals surface area contributed by atoms with E-state index in [2.05, 4.69) is 21.8 Å². The lowest BCUT2D eigenvalue weighted by atomic mass is 10.2. The molecule has 0 saturated carbocycles. The van der Waals surface area contributed by atoms with Crippen LogP contribution < -0.4 is 4.90 Å². The quantitative estimate of drug-likeness (QED) is 0.804. The van der Waals surface area contributed by atoms with E-state index >= 15 is 0 Å². The zero-order valence-corrected chi connectivity index (χ0v) is 11.7. The second-order valence-corrected chi connectivity index (χ2v) is 4.60. The van der Waals surface area contributed by atoms with E-state index < -0.39 is 0 Å². The van der Waals surface area contributed by atoms with Crippen LogP contribution in [-0.2, 0) is 11.2 Å². The summed E-state index contributed by atoms with van der Waals surface area (Å²) in [6.07, 6.45) is 2.51. The fourth-order valence-corrected chi connectivity index (χ4v) is 2.20. The van der Waals surface area contributed by atoms with Gasteiger partial charge in [0.25, 0.3) is 0 Å². The van der Waals surface area contributed by atoms with Gasteiger partial charge in [0.2, 0.25) is 5.95 Å². The molecule has 104 valence electrons. The summed E-state index contributed by atoms with van der Waals surface area (Å²) in [5.41, 5.74) is 2.21. The van der Waals surface area contributed by atoms with Gasteiger partial charge in [0.05, 0.1) is 7.11 Å². The first kappa shape index (κ1) is 13.6. The number of hydrogen-bond donors (Lipinski definition) is 0. The molecule has 1 amide bonds. The highest BCUT2D eigenvalue weighted by molar-refractivity contribution is 5.67.